The van der Waals surface area contributed by atoms with E-state index in [1.54, 1.807) is 4.68 Å². The Morgan fingerprint density at radius 3 is 2.73 bits per heavy atom. The Morgan fingerprint density at radius 1 is 1.53 bits per heavy atom. The third kappa shape index (κ3) is 1.80. The molecule has 0 aliphatic carbocycles. The van der Waals surface area contributed by atoms with Crippen molar-refractivity contribution < 1.29 is 4.79 Å². The van der Waals surface area contributed by atoms with Crippen molar-refractivity contribution in [3.8, 4) is 5.13 Å². The molecule has 0 radical (unpaired) electrons. The van der Waals surface area contributed by atoms with E-state index in [1.165, 1.54) is 11.3 Å². The highest BCUT2D eigenvalue weighted by Gasteiger charge is 2.12. The number of aromatic nitrogens is 3. The quantitative estimate of drug-likeness (QED) is 0.759. The Hall–Kier alpha value is -1.20. The fraction of sp³-hybridized carbons (Fsp3) is 0.222. The summed E-state index contributed by atoms with van der Waals surface area (Å²) < 4.78 is 1.68. The molecule has 78 valence electrons. The van der Waals surface area contributed by atoms with E-state index in [1.807, 2.05) is 19.9 Å². The monoisotopic (exact) mass is 241 g/mol. The standard InChI is InChI=1S/C9H8ClN3OS/c1-5-3-6(2)13(12-5)9-11-8(10)7(4-14)15-9/h3-4H,1-2H3. The summed E-state index contributed by atoms with van der Waals surface area (Å²) >= 11 is 7.01. The topological polar surface area (TPSA) is 47.8 Å². The number of nitrogens with zero attached hydrogens (tertiary/aromatic N) is 3. The number of rotatable bonds is 2. The van der Waals surface area contributed by atoms with Crippen LogP contribution in [0.3, 0.4) is 0 Å². The van der Waals surface area contributed by atoms with Crippen molar-refractivity contribution >= 4 is 29.2 Å². The van der Waals surface area contributed by atoms with E-state index in [0.717, 1.165) is 11.4 Å². The molecule has 0 spiro atoms. The second-order valence-corrected chi connectivity index (χ2v) is 4.48. The smallest absolute Gasteiger partial charge is 0.212 e. The van der Waals surface area contributed by atoms with Gasteiger partial charge < -0.3 is 0 Å². The lowest BCUT2D eigenvalue weighted by atomic mass is 10.4. The van der Waals surface area contributed by atoms with Crippen LogP contribution in [0.25, 0.3) is 5.13 Å². The zero-order chi connectivity index (χ0) is 11.0. The number of carbonyl (C=O) groups is 1. The summed E-state index contributed by atoms with van der Waals surface area (Å²) in [5, 5.41) is 5.11. The van der Waals surface area contributed by atoms with Crippen LogP contribution in [0.15, 0.2) is 6.07 Å². The van der Waals surface area contributed by atoms with E-state index >= 15 is 0 Å². The number of hydrogen-bond donors (Lipinski definition) is 0. The van der Waals surface area contributed by atoms with E-state index in [-0.39, 0.29) is 5.15 Å². The van der Waals surface area contributed by atoms with Gasteiger partial charge in [0.15, 0.2) is 11.4 Å². The highest BCUT2D eigenvalue weighted by atomic mass is 35.5. The van der Waals surface area contributed by atoms with Crippen LogP contribution in [0, 0.1) is 13.8 Å². The van der Waals surface area contributed by atoms with E-state index in [9.17, 15) is 4.79 Å². The minimum Gasteiger partial charge on any atom is -0.297 e. The largest absolute Gasteiger partial charge is 0.297 e. The first-order valence-corrected chi connectivity index (χ1v) is 5.46. The first-order valence-electron chi connectivity index (χ1n) is 4.27. The molecular weight excluding hydrogens is 234 g/mol. The van der Waals surface area contributed by atoms with Gasteiger partial charge in [-0.3, -0.25) is 4.79 Å². The maximum atomic E-state index is 10.6. The maximum Gasteiger partial charge on any atom is 0.212 e. The van der Waals surface area contributed by atoms with Gasteiger partial charge in [-0.05, 0) is 19.9 Å². The van der Waals surface area contributed by atoms with Crippen LogP contribution < -0.4 is 0 Å². The van der Waals surface area contributed by atoms with Crippen molar-refractivity contribution in [1.82, 2.24) is 14.8 Å². The number of carbonyl (C=O) groups excluding carboxylic acids is 1. The summed E-state index contributed by atoms with van der Waals surface area (Å²) in [7, 11) is 0. The van der Waals surface area contributed by atoms with Crippen molar-refractivity contribution in [2.24, 2.45) is 0 Å². The third-order valence-electron chi connectivity index (χ3n) is 1.90. The van der Waals surface area contributed by atoms with Crippen LogP contribution in [0.5, 0.6) is 0 Å². The predicted molar refractivity (Wildman–Crippen MR) is 59.1 cm³/mol. The molecule has 0 amide bonds. The van der Waals surface area contributed by atoms with E-state index < -0.39 is 0 Å². The van der Waals surface area contributed by atoms with Gasteiger partial charge in [0.25, 0.3) is 0 Å². The number of thiazole rings is 1. The van der Waals surface area contributed by atoms with Gasteiger partial charge in [-0.1, -0.05) is 22.9 Å². The van der Waals surface area contributed by atoms with Gasteiger partial charge in [-0.15, -0.1) is 0 Å². The van der Waals surface area contributed by atoms with Gasteiger partial charge in [0.2, 0.25) is 5.13 Å². The highest BCUT2D eigenvalue weighted by molar-refractivity contribution is 7.16. The summed E-state index contributed by atoms with van der Waals surface area (Å²) in [5.41, 5.74) is 1.88. The summed E-state index contributed by atoms with van der Waals surface area (Å²) in [6.07, 6.45) is 0.704. The Kier molecular flexibility index (Phi) is 2.58. The first-order chi connectivity index (χ1) is 7.11. The zero-order valence-electron chi connectivity index (χ0n) is 8.19. The van der Waals surface area contributed by atoms with Gasteiger partial charge >= 0.3 is 0 Å². The van der Waals surface area contributed by atoms with E-state index in [2.05, 4.69) is 10.1 Å². The number of hydrogen-bond acceptors (Lipinski definition) is 4. The molecule has 0 aromatic carbocycles. The van der Waals surface area contributed by atoms with Gasteiger partial charge in [0.1, 0.15) is 4.88 Å². The highest BCUT2D eigenvalue weighted by Crippen LogP contribution is 2.24. The molecule has 2 heterocycles. The maximum absolute atomic E-state index is 10.6. The van der Waals surface area contributed by atoms with Crippen molar-refractivity contribution in [3.63, 3.8) is 0 Å². The number of aryl methyl sites for hydroxylation is 2. The van der Waals surface area contributed by atoms with Crippen molar-refractivity contribution in [2.45, 2.75) is 13.8 Å². The number of halogens is 1. The second kappa shape index (κ2) is 3.75. The van der Waals surface area contributed by atoms with Crippen LogP contribution >= 0.6 is 22.9 Å². The fourth-order valence-corrected chi connectivity index (χ4v) is 2.36. The minimum absolute atomic E-state index is 0.234. The van der Waals surface area contributed by atoms with Crippen LogP contribution in [-0.2, 0) is 0 Å². The average molecular weight is 242 g/mol. The molecule has 2 aromatic heterocycles. The second-order valence-electron chi connectivity index (χ2n) is 3.11. The molecule has 15 heavy (non-hydrogen) atoms. The molecule has 0 atom stereocenters. The molecule has 0 unspecified atom stereocenters. The number of aldehydes is 1. The molecule has 0 saturated carbocycles. The Morgan fingerprint density at radius 2 is 2.27 bits per heavy atom. The molecule has 0 N–H and O–H groups in total. The molecule has 0 fully saturated rings. The first kappa shape index (κ1) is 10.3. The van der Waals surface area contributed by atoms with Gasteiger partial charge in [0, 0.05) is 5.69 Å². The van der Waals surface area contributed by atoms with E-state index in [4.69, 9.17) is 11.6 Å². The van der Waals surface area contributed by atoms with Crippen molar-refractivity contribution in [3.05, 3.63) is 27.5 Å². The molecule has 0 aliphatic rings. The van der Waals surface area contributed by atoms with Crippen LogP contribution in [0.1, 0.15) is 21.1 Å². The van der Waals surface area contributed by atoms with Crippen LogP contribution in [0.2, 0.25) is 5.15 Å². The summed E-state index contributed by atoms with van der Waals surface area (Å²) in [6, 6.07) is 1.94. The lowest BCUT2D eigenvalue weighted by molar-refractivity contribution is 0.112. The molecule has 6 heteroatoms. The zero-order valence-corrected chi connectivity index (χ0v) is 9.76. The van der Waals surface area contributed by atoms with Crippen molar-refractivity contribution in [1.29, 1.82) is 0 Å². The van der Waals surface area contributed by atoms with Gasteiger partial charge in [-0.2, -0.15) is 5.10 Å². The lowest BCUT2D eigenvalue weighted by Crippen LogP contribution is -1.97. The summed E-state index contributed by atoms with van der Waals surface area (Å²) in [6.45, 7) is 3.83. The molecule has 2 rings (SSSR count). The molecule has 4 nitrogen and oxygen atoms in total. The normalized spacial score (nSPS) is 10.6. The molecule has 0 aliphatic heterocycles. The van der Waals surface area contributed by atoms with Gasteiger partial charge in [0.05, 0.1) is 5.69 Å². The third-order valence-corrected chi connectivity index (χ3v) is 3.25. The van der Waals surface area contributed by atoms with Crippen LogP contribution in [0.4, 0.5) is 0 Å². The molecule has 0 saturated heterocycles. The minimum atomic E-state index is 0.234. The predicted octanol–water partition coefficient (Wildman–Crippen LogP) is 2.41. The fourth-order valence-electron chi connectivity index (χ4n) is 1.29. The Bertz CT molecular complexity index is 517. The Balaban J connectivity index is 2.54. The van der Waals surface area contributed by atoms with Gasteiger partial charge in [-0.25, -0.2) is 9.67 Å². The molecular formula is C9H8ClN3OS. The summed E-state index contributed by atoms with van der Waals surface area (Å²) in [5.74, 6) is 0. The molecule has 0 bridgehead atoms. The lowest BCUT2D eigenvalue weighted by Gasteiger charge is -1.96. The molecule has 2 aromatic rings. The SMILES string of the molecule is Cc1cc(C)n(-c2nc(Cl)c(C=O)s2)n1. The van der Waals surface area contributed by atoms with Crippen molar-refractivity contribution in [2.75, 3.05) is 0 Å². The average Bonchev–Trinajstić information content (AvgIpc) is 2.69. The summed E-state index contributed by atoms with van der Waals surface area (Å²) in [4.78, 5) is 15.1. The van der Waals surface area contributed by atoms with Crippen LogP contribution in [-0.4, -0.2) is 21.1 Å². The Labute approximate surface area is 95.5 Å². The van der Waals surface area contributed by atoms with E-state index in [0.29, 0.717) is 16.3 Å².